The molecule has 0 radical (unpaired) electrons. The Bertz CT molecular complexity index is 381. The summed E-state index contributed by atoms with van der Waals surface area (Å²) in [6.45, 7) is 0.977. The normalized spacial score (nSPS) is 26.0. The first kappa shape index (κ1) is 17.5. The molecule has 1 heterocycles. The van der Waals surface area contributed by atoms with Gasteiger partial charge in [-0.05, 0) is 26.2 Å². The van der Waals surface area contributed by atoms with Crippen LogP contribution in [0.4, 0.5) is 13.2 Å². The quantitative estimate of drug-likeness (QED) is 0.844. The van der Waals surface area contributed by atoms with E-state index in [0.29, 0.717) is 13.0 Å². The van der Waals surface area contributed by atoms with Crippen LogP contribution < -0.4 is 0 Å². The number of likely N-dealkylation sites (tertiary alicyclic amines) is 1. The number of hydrogen-bond acceptors (Lipinski definition) is 3. The Balaban J connectivity index is 2.05. The molecule has 1 N–H and O–H groups in total. The third-order valence-electron chi connectivity index (χ3n) is 4.56. The molecule has 128 valence electrons. The lowest BCUT2D eigenvalue weighted by molar-refractivity contribution is -0.159. The lowest BCUT2D eigenvalue weighted by atomic mass is 9.92. The second-order valence-corrected chi connectivity index (χ2v) is 6.52. The monoisotopic (exact) mass is 322 g/mol. The van der Waals surface area contributed by atoms with Crippen LogP contribution in [0.1, 0.15) is 45.4 Å². The number of rotatable bonds is 5. The van der Waals surface area contributed by atoms with Crippen LogP contribution in [0, 0.1) is 0 Å². The molecule has 0 spiro atoms. The number of carbonyl (C=O) groups is 1. The van der Waals surface area contributed by atoms with Crippen LogP contribution in [0.5, 0.6) is 0 Å². The number of halogens is 3. The fourth-order valence-corrected chi connectivity index (χ4v) is 3.65. The molecule has 0 aromatic rings. The van der Waals surface area contributed by atoms with Crippen LogP contribution in [0.3, 0.4) is 0 Å². The van der Waals surface area contributed by atoms with Gasteiger partial charge >= 0.3 is 6.18 Å². The molecule has 1 aliphatic carbocycles. The predicted molar refractivity (Wildman–Crippen MR) is 76.3 cm³/mol. The Labute approximate surface area is 129 Å². The molecule has 1 amide bonds. The molecule has 2 unspecified atom stereocenters. The van der Waals surface area contributed by atoms with E-state index in [4.69, 9.17) is 0 Å². The molecule has 2 atom stereocenters. The molecule has 1 saturated carbocycles. The average molecular weight is 322 g/mol. The van der Waals surface area contributed by atoms with E-state index < -0.39 is 30.8 Å². The van der Waals surface area contributed by atoms with Gasteiger partial charge in [-0.25, -0.2) is 0 Å². The zero-order valence-electron chi connectivity index (χ0n) is 13.0. The number of carbonyl (C=O) groups excluding carboxylic acids is 1. The Morgan fingerprint density at radius 3 is 2.45 bits per heavy atom. The Morgan fingerprint density at radius 2 is 1.91 bits per heavy atom. The number of amides is 1. The summed E-state index contributed by atoms with van der Waals surface area (Å²) >= 11 is 0. The highest BCUT2D eigenvalue weighted by atomic mass is 19.4. The molecule has 2 aliphatic rings. The van der Waals surface area contributed by atoms with Gasteiger partial charge in [-0.15, -0.1) is 0 Å². The molecule has 0 aromatic carbocycles. The minimum Gasteiger partial charge on any atom is -0.392 e. The van der Waals surface area contributed by atoms with Gasteiger partial charge in [-0.1, -0.05) is 19.3 Å². The molecule has 2 fully saturated rings. The van der Waals surface area contributed by atoms with Crippen molar-refractivity contribution in [2.24, 2.45) is 0 Å². The third-order valence-corrected chi connectivity index (χ3v) is 4.56. The average Bonchev–Trinajstić information content (AvgIpc) is 2.76. The van der Waals surface area contributed by atoms with Crippen LogP contribution in [0.15, 0.2) is 0 Å². The van der Waals surface area contributed by atoms with Crippen molar-refractivity contribution >= 4 is 5.91 Å². The van der Waals surface area contributed by atoms with Crippen molar-refractivity contribution < 1.29 is 23.1 Å². The second-order valence-electron chi connectivity index (χ2n) is 6.52. The molecule has 0 aromatic heterocycles. The molecule has 7 heteroatoms. The zero-order chi connectivity index (χ0) is 16.3. The van der Waals surface area contributed by atoms with Gasteiger partial charge in [0.2, 0.25) is 5.91 Å². The van der Waals surface area contributed by atoms with Crippen LogP contribution in [0.2, 0.25) is 0 Å². The first-order chi connectivity index (χ1) is 10.3. The predicted octanol–water partition coefficient (Wildman–Crippen LogP) is 2.17. The maximum atomic E-state index is 12.5. The first-order valence-electron chi connectivity index (χ1n) is 8.07. The summed E-state index contributed by atoms with van der Waals surface area (Å²) in [5, 5.41) is 9.71. The van der Waals surface area contributed by atoms with E-state index in [1.807, 2.05) is 4.90 Å². The Hall–Kier alpha value is -0.820. The molecule has 22 heavy (non-hydrogen) atoms. The molecule has 4 nitrogen and oxygen atoms in total. The Morgan fingerprint density at radius 1 is 1.27 bits per heavy atom. The minimum absolute atomic E-state index is 0.145. The van der Waals surface area contributed by atoms with Crippen molar-refractivity contribution in [2.45, 2.75) is 69.8 Å². The van der Waals surface area contributed by atoms with Gasteiger partial charge in [-0.2, -0.15) is 13.2 Å². The van der Waals surface area contributed by atoms with Crippen LogP contribution >= 0.6 is 0 Å². The lowest BCUT2D eigenvalue weighted by Gasteiger charge is -2.38. The van der Waals surface area contributed by atoms with Gasteiger partial charge in [0.15, 0.2) is 0 Å². The van der Waals surface area contributed by atoms with E-state index in [-0.39, 0.29) is 12.6 Å². The number of aliphatic hydroxyl groups is 1. The second kappa shape index (κ2) is 7.17. The standard InChI is InChI=1S/C15H25F3N2O2/c1-11(21)9-20(12-5-3-2-4-6-12)13-7-8-19(14(13)22)10-15(16,17)18/h11-13,21H,2-10H2,1H3. The smallest absolute Gasteiger partial charge is 0.392 e. The van der Waals surface area contributed by atoms with Crippen LogP contribution in [0.25, 0.3) is 0 Å². The Kier molecular flexibility index (Phi) is 5.71. The topological polar surface area (TPSA) is 43.8 Å². The fourth-order valence-electron chi connectivity index (χ4n) is 3.65. The van der Waals surface area contributed by atoms with Crippen molar-refractivity contribution in [3.05, 3.63) is 0 Å². The van der Waals surface area contributed by atoms with Gasteiger partial charge in [0.25, 0.3) is 0 Å². The summed E-state index contributed by atoms with van der Waals surface area (Å²) in [6, 6.07) is -0.316. The summed E-state index contributed by atoms with van der Waals surface area (Å²) in [6.07, 6.45) is 0.695. The highest BCUT2D eigenvalue weighted by Gasteiger charge is 2.43. The van der Waals surface area contributed by atoms with E-state index in [1.54, 1.807) is 6.92 Å². The highest BCUT2D eigenvalue weighted by molar-refractivity contribution is 5.84. The van der Waals surface area contributed by atoms with Crippen molar-refractivity contribution in [3.8, 4) is 0 Å². The van der Waals surface area contributed by atoms with E-state index in [1.165, 1.54) is 0 Å². The van der Waals surface area contributed by atoms with Crippen molar-refractivity contribution in [1.29, 1.82) is 0 Å². The largest absolute Gasteiger partial charge is 0.406 e. The van der Waals surface area contributed by atoms with Crippen LogP contribution in [-0.2, 0) is 4.79 Å². The third kappa shape index (κ3) is 4.59. The van der Waals surface area contributed by atoms with Gasteiger partial charge in [0.1, 0.15) is 6.54 Å². The summed E-state index contributed by atoms with van der Waals surface area (Å²) in [5.74, 6) is -0.441. The fraction of sp³-hybridized carbons (Fsp3) is 0.933. The van der Waals surface area contributed by atoms with Gasteiger partial charge in [0, 0.05) is 19.1 Å². The van der Waals surface area contributed by atoms with E-state index >= 15 is 0 Å². The molecule has 0 bridgehead atoms. The number of nitrogens with zero attached hydrogens (tertiary/aromatic N) is 2. The van der Waals surface area contributed by atoms with E-state index in [9.17, 15) is 23.1 Å². The van der Waals surface area contributed by atoms with Crippen molar-refractivity contribution in [2.75, 3.05) is 19.6 Å². The zero-order valence-corrected chi connectivity index (χ0v) is 13.0. The highest BCUT2D eigenvalue weighted by Crippen LogP contribution is 2.29. The SMILES string of the molecule is CC(O)CN(C1CCCCC1)C1CCN(CC(F)(F)F)C1=O. The van der Waals surface area contributed by atoms with E-state index in [0.717, 1.165) is 37.0 Å². The maximum absolute atomic E-state index is 12.5. The van der Waals surface area contributed by atoms with Crippen molar-refractivity contribution in [1.82, 2.24) is 9.80 Å². The van der Waals surface area contributed by atoms with Gasteiger partial charge < -0.3 is 10.0 Å². The summed E-state index contributed by atoms with van der Waals surface area (Å²) in [5.41, 5.74) is 0. The molecule has 1 saturated heterocycles. The van der Waals surface area contributed by atoms with E-state index in [2.05, 4.69) is 0 Å². The first-order valence-corrected chi connectivity index (χ1v) is 8.07. The molecule has 1 aliphatic heterocycles. The van der Waals surface area contributed by atoms with Gasteiger partial charge in [-0.3, -0.25) is 9.69 Å². The number of alkyl halides is 3. The number of aliphatic hydroxyl groups excluding tert-OH is 1. The molecular formula is C15H25F3N2O2. The molecule has 2 rings (SSSR count). The number of hydrogen-bond donors (Lipinski definition) is 1. The van der Waals surface area contributed by atoms with Crippen LogP contribution in [-0.4, -0.2) is 64.8 Å². The lowest BCUT2D eigenvalue weighted by Crippen LogP contribution is -2.51. The van der Waals surface area contributed by atoms with Gasteiger partial charge in [0.05, 0.1) is 12.1 Å². The van der Waals surface area contributed by atoms with Crippen molar-refractivity contribution in [3.63, 3.8) is 0 Å². The minimum atomic E-state index is -4.36. The summed E-state index contributed by atoms with van der Waals surface area (Å²) in [7, 11) is 0. The maximum Gasteiger partial charge on any atom is 0.406 e. The summed E-state index contributed by atoms with van der Waals surface area (Å²) < 4.78 is 37.6. The summed E-state index contributed by atoms with van der Waals surface area (Å²) in [4.78, 5) is 15.2. The molecular weight excluding hydrogens is 297 g/mol.